The smallest absolute Gasteiger partial charge is 0.210 e. The number of aromatic nitrogens is 3. The molecule has 19 heavy (non-hydrogen) atoms. The molecule has 0 amide bonds. The van der Waals surface area contributed by atoms with Gasteiger partial charge < -0.3 is 15.3 Å². The zero-order chi connectivity index (χ0) is 13.7. The summed E-state index contributed by atoms with van der Waals surface area (Å²) in [7, 11) is 3.28. The lowest BCUT2D eigenvalue weighted by Crippen LogP contribution is -2.12. The number of nitrogens with two attached hydrogens (primary N) is 1. The molecule has 0 saturated carbocycles. The summed E-state index contributed by atoms with van der Waals surface area (Å²) in [6.45, 7) is 0.640. The Morgan fingerprint density at radius 1 is 1.26 bits per heavy atom. The zero-order valence-electron chi connectivity index (χ0n) is 10.9. The number of benzene rings is 1. The molecule has 2 aromatic rings. The quantitative estimate of drug-likeness (QED) is 0.490. The molecule has 0 saturated heterocycles. The molecule has 0 aliphatic rings. The van der Waals surface area contributed by atoms with Crippen LogP contribution in [-0.2, 0) is 4.74 Å². The lowest BCUT2D eigenvalue weighted by atomic mass is 10.2. The van der Waals surface area contributed by atoms with Crippen LogP contribution in [0.3, 0.4) is 0 Å². The summed E-state index contributed by atoms with van der Waals surface area (Å²) < 4.78 is 11.8. The minimum absolute atomic E-state index is 0.581. The van der Waals surface area contributed by atoms with Crippen molar-refractivity contribution in [2.24, 2.45) is 0 Å². The highest BCUT2D eigenvalue weighted by Gasteiger charge is 2.15. The summed E-state index contributed by atoms with van der Waals surface area (Å²) in [5, 5.41) is 8.85. The van der Waals surface area contributed by atoms with Gasteiger partial charge in [0.25, 0.3) is 0 Å². The Kier molecular flexibility index (Phi) is 4.64. The van der Waals surface area contributed by atoms with Crippen molar-refractivity contribution in [2.45, 2.75) is 5.16 Å². The van der Waals surface area contributed by atoms with E-state index >= 15 is 0 Å². The first-order valence-electron chi connectivity index (χ1n) is 5.73. The van der Waals surface area contributed by atoms with E-state index in [1.54, 1.807) is 14.2 Å². The van der Waals surface area contributed by atoms with E-state index < -0.39 is 0 Å². The molecule has 0 spiro atoms. The molecule has 6 nitrogen and oxygen atoms in total. The van der Waals surface area contributed by atoms with Gasteiger partial charge in [0.1, 0.15) is 5.75 Å². The molecule has 0 aliphatic heterocycles. The molecular formula is C12H16N4O2S. The molecule has 0 unspecified atom stereocenters. The first-order chi connectivity index (χ1) is 9.27. The minimum atomic E-state index is 0.581. The first kappa shape index (κ1) is 13.7. The second-order valence-corrected chi connectivity index (χ2v) is 4.78. The number of nitrogen functional groups attached to an aromatic ring is 1. The number of para-hydroxylation sites is 1. The number of hydrogen-bond donors (Lipinski definition) is 1. The van der Waals surface area contributed by atoms with Crippen molar-refractivity contribution >= 4 is 11.8 Å². The number of thioether (sulfide) groups is 1. The van der Waals surface area contributed by atoms with Crippen molar-refractivity contribution in [2.75, 3.05) is 32.4 Å². The molecule has 1 heterocycles. The third-order valence-corrected chi connectivity index (χ3v) is 3.44. The summed E-state index contributed by atoms with van der Waals surface area (Å²) in [6, 6.07) is 7.57. The van der Waals surface area contributed by atoms with Gasteiger partial charge in [-0.25, -0.2) is 4.68 Å². The van der Waals surface area contributed by atoms with Crippen LogP contribution in [0.25, 0.3) is 11.4 Å². The van der Waals surface area contributed by atoms with E-state index in [-0.39, 0.29) is 0 Å². The Morgan fingerprint density at radius 3 is 2.79 bits per heavy atom. The molecule has 1 aromatic carbocycles. The fourth-order valence-corrected chi connectivity index (χ4v) is 2.36. The van der Waals surface area contributed by atoms with Gasteiger partial charge in [0.15, 0.2) is 5.82 Å². The van der Waals surface area contributed by atoms with E-state index in [1.165, 1.54) is 16.4 Å². The average Bonchev–Trinajstić information content (AvgIpc) is 2.80. The Hall–Kier alpha value is -1.73. The largest absolute Gasteiger partial charge is 0.496 e. The molecule has 7 heteroatoms. The van der Waals surface area contributed by atoms with Crippen molar-refractivity contribution < 1.29 is 9.47 Å². The van der Waals surface area contributed by atoms with E-state index in [4.69, 9.17) is 15.3 Å². The second kappa shape index (κ2) is 6.44. The lowest BCUT2D eigenvalue weighted by Gasteiger charge is -2.07. The molecule has 102 valence electrons. The zero-order valence-corrected chi connectivity index (χ0v) is 11.7. The normalized spacial score (nSPS) is 10.6. The number of ether oxygens (including phenoxy) is 2. The Balaban J connectivity index is 2.26. The summed E-state index contributed by atoms with van der Waals surface area (Å²) >= 11 is 1.50. The van der Waals surface area contributed by atoms with Crippen LogP contribution in [0.4, 0.5) is 0 Å². The van der Waals surface area contributed by atoms with Crippen LogP contribution in [0, 0.1) is 0 Å². The monoisotopic (exact) mass is 280 g/mol. The van der Waals surface area contributed by atoms with Crippen LogP contribution < -0.4 is 10.6 Å². The minimum Gasteiger partial charge on any atom is -0.496 e. The van der Waals surface area contributed by atoms with Gasteiger partial charge in [-0.15, -0.1) is 10.2 Å². The second-order valence-electron chi connectivity index (χ2n) is 3.72. The number of hydrogen-bond acceptors (Lipinski definition) is 6. The van der Waals surface area contributed by atoms with Gasteiger partial charge in [0, 0.05) is 12.9 Å². The third-order valence-electron chi connectivity index (χ3n) is 2.53. The van der Waals surface area contributed by atoms with E-state index in [0.29, 0.717) is 17.6 Å². The lowest BCUT2D eigenvalue weighted by molar-refractivity contribution is 0.218. The standard InChI is InChI=1S/C12H16N4O2S/c1-17-7-8-19-12-15-14-11(16(12)13)9-5-3-4-6-10(9)18-2/h3-6H,7-8,13H2,1-2H3. The molecule has 2 N–H and O–H groups in total. The third kappa shape index (κ3) is 2.99. The fourth-order valence-electron chi connectivity index (χ4n) is 1.60. The SMILES string of the molecule is COCCSc1nnc(-c2ccccc2OC)n1N. The van der Waals surface area contributed by atoms with Crippen molar-refractivity contribution in [1.29, 1.82) is 0 Å². The van der Waals surface area contributed by atoms with Gasteiger partial charge in [-0.2, -0.15) is 0 Å². The van der Waals surface area contributed by atoms with Crippen LogP contribution >= 0.6 is 11.8 Å². The molecule has 0 radical (unpaired) electrons. The van der Waals surface area contributed by atoms with Gasteiger partial charge >= 0.3 is 0 Å². The molecular weight excluding hydrogens is 264 g/mol. The Labute approximate surface area is 115 Å². The number of nitrogens with zero attached hydrogens (tertiary/aromatic N) is 3. The van der Waals surface area contributed by atoms with Gasteiger partial charge in [-0.05, 0) is 12.1 Å². The van der Waals surface area contributed by atoms with Crippen molar-refractivity contribution in [3.63, 3.8) is 0 Å². The predicted molar refractivity (Wildman–Crippen MR) is 74.8 cm³/mol. The Bertz CT molecular complexity index is 544. The highest BCUT2D eigenvalue weighted by Crippen LogP contribution is 2.29. The van der Waals surface area contributed by atoms with E-state index in [0.717, 1.165) is 17.1 Å². The molecule has 0 aliphatic carbocycles. The maximum atomic E-state index is 6.02. The fraction of sp³-hybridized carbons (Fsp3) is 0.333. The molecule has 0 atom stereocenters. The molecule has 0 bridgehead atoms. The van der Waals surface area contributed by atoms with Crippen LogP contribution in [0.2, 0.25) is 0 Å². The maximum Gasteiger partial charge on any atom is 0.210 e. The summed E-state index contributed by atoms with van der Waals surface area (Å²) in [5.41, 5.74) is 0.818. The summed E-state index contributed by atoms with van der Waals surface area (Å²) in [5.74, 6) is 8.09. The average molecular weight is 280 g/mol. The highest BCUT2D eigenvalue weighted by molar-refractivity contribution is 7.99. The van der Waals surface area contributed by atoms with Crippen molar-refractivity contribution in [3.8, 4) is 17.1 Å². The highest BCUT2D eigenvalue weighted by atomic mass is 32.2. The van der Waals surface area contributed by atoms with E-state index in [2.05, 4.69) is 10.2 Å². The topological polar surface area (TPSA) is 75.2 Å². The van der Waals surface area contributed by atoms with Gasteiger partial charge in [-0.1, -0.05) is 23.9 Å². The summed E-state index contributed by atoms with van der Waals surface area (Å²) in [4.78, 5) is 0. The van der Waals surface area contributed by atoms with E-state index in [1.807, 2.05) is 24.3 Å². The molecule has 2 rings (SSSR count). The van der Waals surface area contributed by atoms with Crippen LogP contribution in [0.15, 0.2) is 29.4 Å². The molecule has 1 aromatic heterocycles. The first-order valence-corrected chi connectivity index (χ1v) is 6.72. The number of methoxy groups -OCH3 is 2. The van der Waals surface area contributed by atoms with Crippen molar-refractivity contribution in [1.82, 2.24) is 14.9 Å². The van der Waals surface area contributed by atoms with Gasteiger partial charge in [0.2, 0.25) is 5.16 Å². The maximum absolute atomic E-state index is 6.02. The van der Waals surface area contributed by atoms with Crippen LogP contribution in [0.1, 0.15) is 0 Å². The number of rotatable bonds is 6. The Morgan fingerprint density at radius 2 is 2.05 bits per heavy atom. The predicted octanol–water partition coefficient (Wildman–Crippen LogP) is 1.41. The van der Waals surface area contributed by atoms with Gasteiger partial charge in [0.05, 0.1) is 19.3 Å². The van der Waals surface area contributed by atoms with Crippen LogP contribution in [0.5, 0.6) is 5.75 Å². The van der Waals surface area contributed by atoms with E-state index in [9.17, 15) is 0 Å². The van der Waals surface area contributed by atoms with Crippen molar-refractivity contribution in [3.05, 3.63) is 24.3 Å². The van der Waals surface area contributed by atoms with Gasteiger partial charge in [-0.3, -0.25) is 0 Å². The molecule has 0 fully saturated rings. The summed E-state index contributed by atoms with van der Waals surface area (Å²) in [6.07, 6.45) is 0. The van der Waals surface area contributed by atoms with Crippen LogP contribution in [-0.4, -0.2) is 41.5 Å².